The lowest BCUT2D eigenvalue weighted by molar-refractivity contribution is 0.501. The topological polar surface area (TPSA) is 55.9 Å². The van der Waals surface area contributed by atoms with Crippen LogP contribution < -0.4 is 11.1 Å². The van der Waals surface area contributed by atoms with Crippen molar-refractivity contribution in [2.45, 2.75) is 52.0 Å². The van der Waals surface area contributed by atoms with Crippen LogP contribution in [0.4, 0.5) is 5.82 Å². The number of thiocarbonyl (C=S) groups is 1. The monoisotopic (exact) mass is 280 g/mol. The third kappa shape index (κ3) is 3.26. The van der Waals surface area contributed by atoms with E-state index in [0.717, 1.165) is 23.0 Å². The summed E-state index contributed by atoms with van der Waals surface area (Å²) in [5.41, 5.74) is 7.63. The Balaban J connectivity index is 2.16. The third-order valence-electron chi connectivity index (χ3n) is 4.07. The van der Waals surface area contributed by atoms with Gasteiger partial charge in [-0.15, -0.1) is 0 Å². The summed E-state index contributed by atoms with van der Waals surface area (Å²) in [4.78, 5) is 0.426. The van der Waals surface area contributed by atoms with E-state index in [9.17, 15) is 0 Å². The van der Waals surface area contributed by atoms with Crippen LogP contribution in [0.2, 0.25) is 0 Å². The second-order valence-corrected chi connectivity index (χ2v) is 6.19. The Hall–Kier alpha value is -1.10. The van der Waals surface area contributed by atoms with E-state index in [-0.39, 0.29) is 0 Å². The van der Waals surface area contributed by atoms with Crippen LogP contribution in [0, 0.1) is 12.8 Å². The number of aromatic nitrogens is 2. The van der Waals surface area contributed by atoms with Crippen LogP contribution in [0.15, 0.2) is 0 Å². The summed E-state index contributed by atoms with van der Waals surface area (Å²) in [5, 5.41) is 8.04. The highest BCUT2D eigenvalue weighted by Crippen LogP contribution is 2.27. The molecule has 0 saturated heterocycles. The van der Waals surface area contributed by atoms with Gasteiger partial charge in [0.25, 0.3) is 0 Å². The van der Waals surface area contributed by atoms with Crippen molar-refractivity contribution >= 4 is 23.0 Å². The molecule has 1 saturated carbocycles. The van der Waals surface area contributed by atoms with Crippen molar-refractivity contribution < 1.29 is 0 Å². The minimum Gasteiger partial charge on any atom is -0.389 e. The second-order valence-electron chi connectivity index (χ2n) is 5.75. The van der Waals surface area contributed by atoms with Gasteiger partial charge in [-0.3, -0.25) is 4.68 Å². The molecule has 1 heterocycles. The molecule has 4 nitrogen and oxygen atoms in total. The molecule has 1 fully saturated rings. The molecular formula is C14H24N4S. The molecule has 0 spiro atoms. The lowest BCUT2D eigenvalue weighted by Gasteiger charge is -2.19. The molecule has 1 aliphatic carbocycles. The zero-order valence-electron chi connectivity index (χ0n) is 12.1. The predicted molar refractivity (Wildman–Crippen MR) is 83.5 cm³/mol. The number of nitrogens with zero attached hydrogens (tertiary/aromatic N) is 2. The zero-order chi connectivity index (χ0) is 14.0. The molecule has 0 amide bonds. The standard InChI is InChI=1S/C14H24N4S/c1-9-5-4-6-11(8-7-9)16-14-12(13(15)19)10(2)17-18(14)3/h9,11,16H,4-8H2,1-3H3,(H2,15,19). The molecular weight excluding hydrogens is 256 g/mol. The number of rotatable bonds is 3. The van der Waals surface area contributed by atoms with E-state index in [2.05, 4.69) is 17.3 Å². The van der Waals surface area contributed by atoms with Gasteiger partial charge in [-0.25, -0.2) is 0 Å². The fourth-order valence-electron chi connectivity index (χ4n) is 2.94. The maximum atomic E-state index is 5.82. The van der Waals surface area contributed by atoms with E-state index in [1.54, 1.807) is 0 Å². The molecule has 1 aromatic heterocycles. The van der Waals surface area contributed by atoms with Crippen molar-refractivity contribution in [3.8, 4) is 0 Å². The highest BCUT2D eigenvalue weighted by molar-refractivity contribution is 7.80. The Kier molecular flexibility index (Phi) is 4.45. The first kappa shape index (κ1) is 14.3. The Morgan fingerprint density at radius 1 is 1.37 bits per heavy atom. The van der Waals surface area contributed by atoms with Crippen molar-refractivity contribution in [1.82, 2.24) is 9.78 Å². The van der Waals surface area contributed by atoms with Gasteiger partial charge in [0, 0.05) is 13.1 Å². The predicted octanol–water partition coefficient (Wildman–Crippen LogP) is 2.74. The number of nitrogens with one attached hydrogen (secondary N) is 1. The summed E-state index contributed by atoms with van der Waals surface area (Å²) in [5.74, 6) is 1.82. The van der Waals surface area contributed by atoms with Gasteiger partial charge < -0.3 is 11.1 Å². The summed E-state index contributed by atoms with van der Waals surface area (Å²) in [6, 6.07) is 0.507. The Bertz CT molecular complexity index is 466. The van der Waals surface area contributed by atoms with Gasteiger partial charge in [0.2, 0.25) is 0 Å². The first-order chi connectivity index (χ1) is 8.99. The largest absolute Gasteiger partial charge is 0.389 e. The van der Waals surface area contributed by atoms with E-state index in [4.69, 9.17) is 18.0 Å². The smallest absolute Gasteiger partial charge is 0.134 e. The third-order valence-corrected chi connectivity index (χ3v) is 4.27. The van der Waals surface area contributed by atoms with Crippen LogP contribution >= 0.6 is 12.2 Å². The van der Waals surface area contributed by atoms with Gasteiger partial charge in [0.1, 0.15) is 10.8 Å². The molecule has 5 heteroatoms. The molecule has 1 aliphatic rings. The molecule has 1 aromatic rings. The van der Waals surface area contributed by atoms with Gasteiger partial charge in [-0.05, 0) is 32.1 Å². The molecule has 2 unspecified atom stereocenters. The number of nitrogens with two attached hydrogens (primary N) is 1. The van der Waals surface area contributed by atoms with Gasteiger partial charge in [0.15, 0.2) is 0 Å². The first-order valence-corrected chi connectivity index (χ1v) is 7.49. The molecule has 3 N–H and O–H groups in total. The average molecular weight is 280 g/mol. The van der Waals surface area contributed by atoms with E-state index in [0.29, 0.717) is 11.0 Å². The quantitative estimate of drug-likeness (QED) is 0.660. The summed E-state index contributed by atoms with van der Waals surface area (Å²) < 4.78 is 1.86. The minimum atomic E-state index is 0.426. The maximum absolute atomic E-state index is 5.82. The average Bonchev–Trinajstić information content (AvgIpc) is 2.48. The fourth-order valence-corrected chi connectivity index (χ4v) is 3.19. The molecule has 106 valence electrons. The van der Waals surface area contributed by atoms with E-state index in [1.165, 1.54) is 32.1 Å². The molecule has 19 heavy (non-hydrogen) atoms. The van der Waals surface area contributed by atoms with E-state index in [1.807, 2.05) is 18.7 Å². The highest BCUT2D eigenvalue weighted by Gasteiger charge is 2.21. The summed E-state index contributed by atoms with van der Waals surface area (Å²) in [7, 11) is 1.94. The first-order valence-electron chi connectivity index (χ1n) is 7.09. The van der Waals surface area contributed by atoms with Gasteiger partial charge in [0.05, 0.1) is 11.3 Å². The summed E-state index contributed by atoms with van der Waals surface area (Å²) in [6.45, 7) is 4.30. The van der Waals surface area contributed by atoms with E-state index < -0.39 is 0 Å². The Morgan fingerprint density at radius 3 is 2.79 bits per heavy atom. The van der Waals surface area contributed by atoms with Crippen molar-refractivity contribution in [3.05, 3.63) is 11.3 Å². The maximum Gasteiger partial charge on any atom is 0.134 e. The van der Waals surface area contributed by atoms with E-state index >= 15 is 0 Å². The van der Waals surface area contributed by atoms with Crippen LogP contribution in [-0.2, 0) is 7.05 Å². The van der Waals surface area contributed by atoms with Gasteiger partial charge in [-0.2, -0.15) is 5.10 Å². The number of hydrogen-bond donors (Lipinski definition) is 2. The molecule has 0 aliphatic heterocycles. The second kappa shape index (κ2) is 5.90. The number of anilines is 1. The van der Waals surface area contributed by atoms with Crippen LogP contribution in [0.25, 0.3) is 0 Å². The fraction of sp³-hybridized carbons (Fsp3) is 0.714. The summed E-state index contributed by atoms with van der Waals surface area (Å²) in [6.07, 6.45) is 6.34. The lowest BCUT2D eigenvalue weighted by atomic mass is 10.0. The molecule has 0 bridgehead atoms. The molecule has 0 aromatic carbocycles. The Morgan fingerprint density at radius 2 is 2.11 bits per heavy atom. The van der Waals surface area contributed by atoms with Crippen LogP contribution in [0.3, 0.4) is 0 Å². The van der Waals surface area contributed by atoms with Crippen LogP contribution in [-0.4, -0.2) is 20.8 Å². The van der Waals surface area contributed by atoms with Crippen LogP contribution in [0.1, 0.15) is 50.3 Å². The Labute approximate surface area is 120 Å². The molecule has 0 radical (unpaired) electrons. The van der Waals surface area contributed by atoms with Gasteiger partial charge >= 0.3 is 0 Å². The number of aryl methyl sites for hydroxylation is 2. The zero-order valence-corrected chi connectivity index (χ0v) is 12.9. The summed E-state index contributed by atoms with van der Waals surface area (Å²) >= 11 is 5.15. The molecule has 2 atom stereocenters. The van der Waals surface area contributed by atoms with Crippen molar-refractivity contribution in [2.75, 3.05) is 5.32 Å². The van der Waals surface area contributed by atoms with Crippen LogP contribution in [0.5, 0.6) is 0 Å². The van der Waals surface area contributed by atoms with Crippen molar-refractivity contribution in [1.29, 1.82) is 0 Å². The molecule has 2 rings (SSSR count). The van der Waals surface area contributed by atoms with Gasteiger partial charge in [-0.1, -0.05) is 32.0 Å². The minimum absolute atomic E-state index is 0.426. The SMILES string of the molecule is Cc1nn(C)c(NC2CCCC(C)CC2)c1C(N)=S. The lowest BCUT2D eigenvalue weighted by Crippen LogP contribution is -2.23. The number of hydrogen-bond acceptors (Lipinski definition) is 3. The highest BCUT2D eigenvalue weighted by atomic mass is 32.1. The normalized spacial score (nSPS) is 23.9. The van der Waals surface area contributed by atoms with Crippen molar-refractivity contribution in [3.63, 3.8) is 0 Å². The van der Waals surface area contributed by atoms with Crippen molar-refractivity contribution in [2.24, 2.45) is 18.7 Å².